The Morgan fingerprint density at radius 3 is 1.97 bits per heavy atom. The summed E-state index contributed by atoms with van der Waals surface area (Å²) in [4.78, 5) is 46.6. The van der Waals surface area contributed by atoms with Crippen LogP contribution in [0, 0.1) is 0 Å². The van der Waals surface area contributed by atoms with Crippen LogP contribution in [-0.4, -0.2) is 42.1 Å². The van der Waals surface area contributed by atoms with E-state index in [1.165, 1.54) is 19.1 Å². The average Bonchev–Trinajstić information content (AvgIpc) is 2.68. The van der Waals surface area contributed by atoms with Gasteiger partial charge in [-0.15, -0.1) is 0 Å². The molecule has 0 amide bonds. The zero-order chi connectivity index (χ0) is 22.8. The highest BCUT2D eigenvalue weighted by atomic mass is 16.6. The minimum Gasteiger partial charge on any atom is -0.459 e. The minimum atomic E-state index is -1.00. The third-order valence-electron chi connectivity index (χ3n) is 4.11. The molecule has 0 aliphatic heterocycles. The summed E-state index contributed by atoms with van der Waals surface area (Å²) in [6, 6.07) is 3.57. The van der Waals surface area contributed by atoms with Crippen molar-refractivity contribution in [3.63, 3.8) is 0 Å². The van der Waals surface area contributed by atoms with Crippen LogP contribution in [0.3, 0.4) is 0 Å². The Balaban J connectivity index is 2.88. The fraction of sp³-hybridized carbons (Fsp3) is 0.524. The van der Waals surface area contributed by atoms with Gasteiger partial charge in [0.25, 0.3) is 0 Å². The molecule has 1 aromatic carbocycles. The third-order valence-corrected chi connectivity index (χ3v) is 4.11. The summed E-state index contributed by atoms with van der Waals surface area (Å²) >= 11 is 0. The standard InChI is InChI=1S/C21H29NO8/c1-6-19(24)29-17-9-8-15(11-18(17)30-20(25)7-2)10-16(22)21(26)28-13(4)12(3)27-14(5)23/h8-9,11-13,16H,6-7,10,22H2,1-5H3/t12-,13-,16-/m0/s1. The van der Waals surface area contributed by atoms with E-state index in [0.29, 0.717) is 5.56 Å². The number of nitrogens with two attached hydrogens (primary N) is 1. The number of hydrogen-bond donors (Lipinski definition) is 1. The maximum Gasteiger partial charge on any atom is 0.323 e. The summed E-state index contributed by atoms with van der Waals surface area (Å²) in [7, 11) is 0. The molecule has 166 valence electrons. The van der Waals surface area contributed by atoms with Crippen molar-refractivity contribution in [3.05, 3.63) is 23.8 Å². The van der Waals surface area contributed by atoms with Crippen molar-refractivity contribution in [2.24, 2.45) is 5.73 Å². The van der Waals surface area contributed by atoms with Gasteiger partial charge in [0, 0.05) is 19.8 Å². The van der Waals surface area contributed by atoms with Gasteiger partial charge in [-0.1, -0.05) is 19.9 Å². The molecule has 9 heteroatoms. The van der Waals surface area contributed by atoms with E-state index in [-0.39, 0.29) is 30.8 Å². The summed E-state index contributed by atoms with van der Waals surface area (Å²) in [6.45, 7) is 7.74. The maximum absolute atomic E-state index is 12.3. The predicted molar refractivity (Wildman–Crippen MR) is 107 cm³/mol. The van der Waals surface area contributed by atoms with Crippen molar-refractivity contribution in [3.8, 4) is 11.5 Å². The highest BCUT2D eigenvalue weighted by Gasteiger charge is 2.24. The molecule has 0 saturated heterocycles. The smallest absolute Gasteiger partial charge is 0.323 e. The molecule has 0 heterocycles. The van der Waals surface area contributed by atoms with Crippen molar-refractivity contribution in [1.29, 1.82) is 0 Å². The molecule has 3 atom stereocenters. The van der Waals surface area contributed by atoms with Crippen molar-refractivity contribution in [2.45, 2.75) is 72.1 Å². The summed E-state index contributed by atoms with van der Waals surface area (Å²) in [5.74, 6) is -1.96. The monoisotopic (exact) mass is 423 g/mol. The lowest BCUT2D eigenvalue weighted by Gasteiger charge is -2.22. The molecule has 1 aromatic rings. The fourth-order valence-electron chi connectivity index (χ4n) is 2.29. The average molecular weight is 423 g/mol. The highest BCUT2D eigenvalue weighted by molar-refractivity contribution is 5.77. The molecule has 9 nitrogen and oxygen atoms in total. The van der Waals surface area contributed by atoms with Gasteiger partial charge in [-0.05, 0) is 38.0 Å². The van der Waals surface area contributed by atoms with Crippen LogP contribution >= 0.6 is 0 Å². The molecule has 0 aliphatic carbocycles. The summed E-state index contributed by atoms with van der Waals surface area (Å²) in [6.07, 6.45) is -0.915. The SMILES string of the molecule is CCC(=O)Oc1ccc(C[C@H](N)C(=O)O[C@@H](C)[C@H](C)OC(C)=O)cc1OC(=O)CC. The van der Waals surface area contributed by atoms with Crippen LogP contribution in [0.2, 0.25) is 0 Å². The lowest BCUT2D eigenvalue weighted by molar-refractivity contribution is -0.164. The number of benzene rings is 1. The van der Waals surface area contributed by atoms with Gasteiger partial charge >= 0.3 is 23.9 Å². The molecular formula is C21H29NO8. The van der Waals surface area contributed by atoms with E-state index in [0.717, 1.165) is 0 Å². The molecule has 0 radical (unpaired) electrons. The highest BCUT2D eigenvalue weighted by Crippen LogP contribution is 2.30. The number of ether oxygens (including phenoxy) is 4. The number of esters is 4. The molecule has 2 N–H and O–H groups in total. The Hall–Kier alpha value is -2.94. The fourth-order valence-corrected chi connectivity index (χ4v) is 2.29. The van der Waals surface area contributed by atoms with Crippen LogP contribution in [0.1, 0.15) is 53.0 Å². The molecular weight excluding hydrogens is 394 g/mol. The van der Waals surface area contributed by atoms with Gasteiger partial charge in [0.1, 0.15) is 18.2 Å². The van der Waals surface area contributed by atoms with Gasteiger partial charge in [-0.3, -0.25) is 19.2 Å². The topological polar surface area (TPSA) is 131 Å². The summed E-state index contributed by atoms with van der Waals surface area (Å²) < 4.78 is 20.6. The predicted octanol–water partition coefficient (Wildman–Crippen LogP) is 2.07. The largest absolute Gasteiger partial charge is 0.459 e. The third kappa shape index (κ3) is 8.20. The first-order valence-corrected chi connectivity index (χ1v) is 9.74. The Bertz CT molecular complexity index is 776. The van der Waals surface area contributed by atoms with Gasteiger partial charge in [-0.25, -0.2) is 0 Å². The molecule has 1 rings (SSSR count). The lowest BCUT2D eigenvalue weighted by atomic mass is 10.1. The molecule has 0 aromatic heterocycles. The van der Waals surface area contributed by atoms with E-state index in [1.54, 1.807) is 33.8 Å². The number of carbonyl (C=O) groups is 4. The Morgan fingerprint density at radius 2 is 1.43 bits per heavy atom. The van der Waals surface area contributed by atoms with Crippen molar-refractivity contribution < 1.29 is 38.1 Å². The second kappa shape index (κ2) is 11.9. The van der Waals surface area contributed by atoms with E-state index < -0.39 is 42.1 Å². The Labute approximate surface area is 175 Å². The lowest BCUT2D eigenvalue weighted by Crippen LogP contribution is -2.39. The molecule has 30 heavy (non-hydrogen) atoms. The van der Waals surface area contributed by atoms with Gasteiger partial charge in [0.05, 0.1) is 0 Å². The maximum atomic E-state index is 12.3. The van der Waals surface area contributed by atoms with E-state index in [4.69, 9.17) is 24.7 Å². The number of carbonyl (C=O) groups excluding carboxylic acids is 4. The minimum absolute atomic E-state index is 0.0681. The van der Waals surface area contributed by atoms with E-state index in [1.807, 2.05) is 0 Å². The molecule has 0 bridgehead atoms. The Morgan fingerprint density at radius 1 is 0.900 bits per heavy atom. The van der Waals surface area contributed by atoms with Crippen molar-refractivity contribution in [2.75, 3.05) is 0 Å². The Kier molecular flexibility index (Phi) is 9.97. The first kappa shape index (κ1) is 25.1. The second-order valence-electron chi connectivity index (χ2n) is 6.70. The molecule has 0 aliphatic rings. The quantitative estimate of drug-likeness (QED) is 0.444. The van der Waals surface area contributed by atoms with Gasteiger partial charge < -0.3 is 24.7 Å². The van der Waals surface area contributed by atoms with Crippen LogP contribution in [-0.2, 0) is 35.1 Å². The zero-order valence-electron chi connectivity index (χ0n) is 17.9. The number of hydrogen-bond acceptors (Lipinski definition) is 9. The van der Waals surface area contributed by atoms with Gasteiger partial charge in [0.15, 0.2) is 11.5 Å². The first-order chi connectivity index (χ1) is 14.1. The molecule has 0 spiro atoms. The van der Waals surface area contributed by atoms with E-state index in [2.05, 4.69) is 0 Å². The number of rotatable bonds is 10. The van der Waals surface area contributed by atoms with Crippen LogP contribution in [0.5, 0.6) is 11.5 Å². The molecule has 0 saturated carbocycles. The summed E-state index contributed by atoms with van der Waals surface area (Å²) in [5.41, 5.74) is 6.52. The van der Waals surface area contributed by atoms with Gasteiger partial charge in [-0.2, -0.15) is 0 Å². The van der Waals surface area contributed by atoms with Crippen LogP contribution in [0.25, 0.3) is 0 Å². The van der Waals surface area contributed by atoms with E-state index >= 15 is 0 Å². The van der Waals surface area contributed by atoms with Crippen molar-refractivity contribution >= 4 is 23.9 Å². The van der Waals surface area contributed by atoms with Crippen molar-refractivity contribution in [1.82, 2.24) is 0 Å². The zero-order valence-corrected chi connectivity index (χ0v) is 17.9. The van der Waals surface area contributed by atoms with Gasteiger partial charge in [0.2, 0.25) is 0 Å². The molecule has 0 unspecified atom stereocenters. The first-order valence-electron chi connectivity index (χ1n) is 9.74. The van der Waals surface area contributed by atoms with Crippen LogP contribution in [0.15, 0.2) is 18.2 Å². The molecule has 0 fully saturated rings. The van der Waals surface area contributed by atoms with E-state index in [9.17, 15) is 19.2 Å². The second-order valence-corrected chi connectivity index (χ2v) is 6.70. The van der Waals surface area contributed by atoms with Crippen LogP contribution < -0.4 is 15.2 Å². The van der Waals surface area contributed by atoms with Crippen LogP contribution in [0.4, 0.5) is 0 Å². The summed E-state index contributed by atoms with van der Waals surface area (Å²) in [5, 5.41) is 0. The normalized spacial score (nSPS) is 13.5.